The number of amides is 1. The Kier molecular flexibility index (Phi) is 3.23. The Labute approximate surface area is 106 Å². The molecule has 96 valence electrons. The first-order valence-corrected chi connectivity index (χ1v) is 5.83. The summed E-state index contributed by atoms with van der Waals surface area (Å²) < 4.78 is 0. The minimum atomic E-state index is -0.888. The molecule has 0 radical (unpaired) electrons. The largest absolute Gasteiger partial charge is 0.480 e. The lowest BCUT2D eigenvalue weighted by Gasteiger charge is -2.25. The Morgan fingerprint density at radius 2 is 2.17 bits per heavy atom. The highest BCUT2D eigenvalue weighted by molar-refractivity contribution is 5.99. The fourth-order valence-corrected chi connectivity index (χ4v) is 2.29. The average molecular weight is 248 g/mol. The van der Waals surface area contributed by atoms with Gasteiger partial charge in [0.15, 0.2) is 0 Å². The van der Waals surface area contributed by atoms with E-state index >= 15 is 0 Å². The van der Waals surface area contributed by atoms with Gasteiger partial charge in [-0.3, -0.25) is 9.59 Å². The van der Waals surface area contributed by atoms with E-state index in [1.54, 1.807) is 16.8 Å². The summed E-state index contributed by atoms with van der Waals surface area (Å²) in [6.45, 7) is 2.28. The number of anilines is 2. The summed E-state index contributed by atoms with van der Waals surface area (Å²) in [5.41, 5.74) is 2.60. The molecule has 1 aliphatic rings. The van der Waals surface area contributed by atoms with Gasteiger partial charge in [-0.25, -0.2) is 0 Å². The molecule has 0 fully saturated rings. The summed E-state index contributed by atoms with van der Waals surface area (Å²) in [6.07, 6.45) is 0.331. The van der Waals surface area contributed by atoms with Crippen molar-refractivity contribution in [3.63, 3.8) is 0 Å². The fraction of sp³-hybridized carbons (Fsp3) is 0.385. The Morgan fingerprint density at radius 3 is 2.83 bits per heavy atom. The van der Waals surface area contributed by atoms with Crippen molar-refractivity contribution in [3.8, 4) is 0 Å². The molecule has 5 nitrogen and oxygen atoms in total. The van der Waals surface area contributed by atoms with E-state index in [2.05, 4.69) is 0 Å². The summed E-state index contributed by atoms with van der Waals surface area (Å²) in [5.74, 6) is -0.879. The second-order valence-corrected chi connectivity index (χ2v) is 4.46. The molecule has 5 heteroatoms. The third-order valence-corrected chi connectivity index (χ3v) is 3.19. The molecule has 0 atom stereocenters. The van der Waals surface area contributed by atoms with E-state index in [-0.39, 0.29) is 12.5 Å². The highest BCUT2D eigenvalue weighted by Crippen LogP contribution is 2.34. The van der Waals surface area contributed by atoms with Crippen molar-refractivity contribution in [1.82, 2.24) is 0 Å². The van der Waals surface area contributed by atoms with Crippen molar-refractivity contribution in [2.45, 2.75) is 13.3 Å². The smallest absolute Gasteiger partial charge is 0.323 e. The maximum atomic E-state index is 11.9. The van der Waals surface area contributed by atoms with E-state index in [0.29, 0.717) is 13.0 Å². The van der Waals surface area contributed by atoms with Crippen LogP contribution in [0.5, 0.6) is 0 Å². The SMILES string of the molecule is Cc1cccc2c1N(CC(=O)O)CCC(=O)N2C. The van der Waals surface area contributed by atoms with E-state index < -0.39 is 5.97 Å². The van der Waals surface area contributed by atoms with Crippen LogP contribution in [0.3, 0.4) is 0 Å². The van der Waals surface area contributed by atoms with Crippen molar-refractivity contribution in [1.29, 1.82) is 0 Å². The molecule has 0 unspecified atom stereocenters. The van der Waals surface area contributed by atoms with Crippen LogP contribution >= 0.6 is 0 Å². The number of rotatable bonds is 2. The van der Waals surface area contributed by atoms with Crippen LogP contribution in [-0.4, -0.2) is 37.1 Å². The number of carboxylic acid groups (broad SMARTS) is 1. The molecule has 0 saturated heterocycles. The highest BCUT2D eigenvalue weighted by Gasteiger charge is 2.25. The van der Waals surface area contributed by atoms with Gasteiger partial charge in [-0.15, -0.1) is 0 Å². The fourth-order valence-electron chi connectivity index (χ4n) is 2.29. The van der Waals surface area contributed by atoms with E-state index in [1.165, 1.54) is 0 Å². The van der Waals surface area contributed by atoms with Gasteiger partial charge in [-0.05, 0) is 18.6 Å². The normalized spacial score (nSPS) is 15.3. The molecule has 18 heavy (non-hydrogen) atoms. The lowest BCUT2D eigenvalue weighted by molar-refractivity contribution is -0.135. The predicted molar refractivity (Wildman–Crippen MR) is 69.1 cm³/mol. The number of hydrogen-bond donors (Lipinski definition) is 1. The van der Waals surface area contributed by atoms with Crippen LogP contribution < -0.4 is 9.80 Å². The Morgan fingerprint density at radius 1 is 1.44 bits per heavy atom. The van der Waals surface area contributed by atoms with E-state index in [4.69, 9.17) is 5.11 Å². The number of carboxylic acids is 1. The number of carbonyl (C=O) groups is 2. The molecule has 1 aromatic rings. The Bertz CT molecular complexity index is 499. The molecular weight excluding hydrogens is 232 g/mol. The number of hydrogen-bond acceptors (Lipinski definition) is 3. The van der Waals surface area contributed by atoms with Crippen molar-refractivity contribution in [3.05, 3.63) is 23.8 Å². The lowest BCUT2D eigenvalue weighted by atomic mass is 10.1. The summed E-state index contributed by atoms with van der Waals surface area (Å²) in [7, 11) is 1.73. The third kappa shape index (κ3) is 2.16. The van der Waals surface area contributed by atoms with Gasteiger partial charge in [0.2, 0.25) is 5.91 Å². The summed E-state index contributed by atoms with van der Waals surface area (Å²) >= 11 is 0. The minimum absolute atomic E-state index is 0.00902. The first-order chi connectivity index (χ1) is 8.50. The molecule has 2 rings (SSSR count). The molecule has 0 aliphatic carbocycles. The van der Waals surface area contributed by atoms with Crippen LogP contribution in [0.2, 0.25) is 0 Å². The van der Waals surface area contributed by atoms with Crippen LogP contribution in [0.25, 0.3) is 0 Å². The number of benzene rings is 1. The summed E-state index contributed by atoms with van der Waals surface area (Å²) in [5, 5.41) is 8.97. The molecule has 1 heterocycles. The van der Waals surface area contributed by atoms with Crippen molar-refractivity contribution >= 4 is 23.3 Å². The van der Waals surface area contributed by atoms with Gasteiger partial charge in [-0.1, -0.05) is 12.1 Å². The molecule has 1 amide bonds. The second-order valence-electron chi connectivity index (χ2n) is 4.46. The van der Waals surface area contributed by atoms with Crippen molar-refractivity contribution < 1.29 is 14.7 Å². The monoisotopic (exact) mass is 248 g/mol. The molecule has 1 N–H and O–H groups in total. The number of aliphatic carboxylic acids is 1. The number of aryl methyl sites for hydroxylation is 1. The van der Waals surface area contributed by atoms with E-state index in [1.807, 2.05) is 25.1 Å². The summed E-state index contributed by atoms with van der Waals surface area (Å²) in [6, 6.07) is 5.65. The topological polar surface area (TPSA) is 60.9 Å². The maximum Gasteiger partial charge on any atom is 0.323 e. The van der Waals surface area contributed by atoms with Gasteiger partial charge in [0, 0.05) is 20.0 Å². The molecule has 1 aliphatic heterocycles. The quantitative estimate of drug-likeness (QED) is 0.855. The molecule has 1 aromatic carbocycles. The van der Waals surface area contributed by atoms with Gasteiger partial charge >= 0.3 is 5.97 Å². The number of carbonyl (C=O) groups excluding carboxylic acids is 1. The van der Waals surface area contributed by atoms with Crippen LogP contribution in [0.1, 0.15) is 12.0 Å². The third-order valence-electron chi connectivity index (χ3n) is 3.19. The Balaban J connectivity index is 2.51. The molecule has 0 aromatic heterocycles. The van der Waals surface area contributed by atoms with Crippen LogP contribution in [0, 0.1) is 6.92 Å². The molecule has 0 saturated carbocycles. The van der Waals surface area contributed by atoms with Crippen LogP contribution in [0.15, 0.2) is 18.2 Å². The first-order valence-electron chi connectivity index (χ1n) is 5.83. The predicted octanol–water partition coefficient (Wildman–Crippen LogP) is 1.25. The zero-order valence-electron chi connectivity index (χ0n) is 10.5. The van der Waals surface area contributed by atoms with E-state index in [0.717, 1.165) is 16.9 Å². The number of nitrogens with zero attached hydrogens (tertiary/aromatic N) is 2. The zero-order valence-corrected chi connectivity index (χ0v) is 10.5. The van der Waals surface area contributed by atoms with Gasteiger partial charge in [-0.2, -0.15) is 0 Å². The number of para-hydroxylation sites is 1. The minimum Gasteiger partial charge on any atom is -0.480 e. The lowest BCUT2D eigenvalue weighted by Crippen LogP contribution is -2.31. The maximum absolute atomic E-state index is 11.9. The second kappa shape index (κ2) is 4.68. The van der Waals surface area contributed by atoms with Crippen molar-refractivity contribution in [2.75, 3.05) is 29.9 Å². The van der Waals surface area contributed by atoms with Crippen LogP contribution in [-0.2, 0) is 9.59 Å². The molecule has 0 bridgehead atoms. The van der Waals surface area contributed by atoms with Crippen molar-refractivity contribution in [2.24, 2.45) is 0 Å². The standard InChI is InChI=1S/C13H16N2O3/c1-9-4-3-5-10-13(9)15(8-12(17)18)7-6-11(16)14(10)2/h3-5H,6-8H2,1-2H3,(H,17,18). The molecule has 0 spiro atoms. The van der Waals surface area contributed by atoms with Gasteiger partial charge < -0.3 is 14.9 Å². The molecular formula is C13H16N2O3. The van der Waals surface area contributed by atoms with Gasteiger partial charge in [0.05, 0.1) is 11.4 Å². The van der Waals surface area contributed by atoms with E-state index in [9.17, 15) is 9.59 Å². The number of fused-ring (bicyclic) bond motifs is 1. The first kappa shape index (κ1) is 12.4. The zero-order chi connectivity index (χ0) is 13.3. The Hall–Kier alpha value is -2.04. The van der Waals surface area contributed by atoms with Gasteiger partial charge in [0.1, 0.15) is 6.54 Å². The highest BCUT2D eigenvalue weighted by atomic mass is 16.4. The summed E-state index contributed by atoms with van der Waals surface area (Å²) in [4.78, 5) is 26.2. The average Bonchev–Trinajstić information content (AvgIpc) is 2.42. The van der Waals surface area contributed by atoms with Crippen LogP contribution in [0.4, 0.5) is 11.4 Å². The van der Waals surface area contributed by atoms with Gasteiger partial charge in [0.25, 0.3) is 0 Å².